The van der Waals surface area contributed by atoms with Gasteiger partial charge in [-0.3, -0.25) is 9.69 Å². The van der Waals surface area contributed by atoms with Gasteiger partial charge >= 0.3 is 6.18 Å². The highest BCUT2D eigenvalue weighted by Crippen LogP contribution is 2.47. The van der Waals surface area contributed by atoms with Gasteiger partial charge in [-0.2, -0.15) is 18.4 Å². The minimum atomic E-state index is -4.56. The Kier molecular flexibility index (Phi) is 6.15. The first-order chi connectivity index (χ1) is 15.1. The summed E-state index contributed by atoms with van der Waals surface area (Å²) in [4.78, 5) is 19.8. The zero-order chi connectivity index (χ0) is 23.1. The van der Waals surface area contributed by atoms with Gasteiger partial charge < -0.3 is 9.80 Å². The average molecular weight is 449 g/mol. The molecule has 1 spiro atoms. The van der Waals surface area contributed by atoms with E-state index in [1.165, 1.54) is 6.07 Å². The van der Waals surface area contributed by atoms with E-state index in [2.05, 4.69) is 18.7 Å². The van der Waals surface area contributed by atoms with Crippen LogP contribution in [0.2, 0.25) is 0 Å². The fraction of sp³-hybridized carbons (Fsp3) is 0.667. The van der Waals surface area contributed by atoms with Crippen LogP contribution in [0.5, 0.6) is 0 Å². The number of nitriles is 1. The maximum Gasteiger partial charge on any atom is 0.417 e. The highest BCUT2D eigenvalue weighted by Gasteiger charge is 2.52. The van der Waals surface area contributed by atoms with Crippen LogP contribution < -0.4 is 4.90 Å². The fourth-order valence-corrected chi connectivity index (χ4v) is 5.68. The fourth-order valence-electron chi connectivity index (χ4n) is 5.68. The molecule has 1 aromatic rings. The summed E-state index contributed by atoms with van der Waals surface area (Å²) in [5.74, 6) is 0.216. The SMILES string of the molecule is CC(C)N1CC(C(=O)N2CCCC2)C2(CCN(c3ccc(C#N)c(C(F)(F)F)c3)CC2)C1. The van der Waals surface area contributed by atoms with Gasteiger partial charge in [-0.1, -0.05) is 0 Å². The lowest BCUT2D eigenvalue weighted by atomic mass is 9.70. The molecule has 174 valence electrons. The summed E-state index contributed by atoms with van der Waals surface area (Å²) in [6, 6.07) is 5.96. The number of hydrogen-bond acceptors (Lipinski definition) is 4. The van der Waals surface area contributed by atoms with Crippen molar-refractivity contribution in [2.45, 2.75) is 51.7 Å². The molecule has 0 bridgehead atoms. The number of amides is 1. The zero-order valence-electron chi connectivity index (χ0n) is 18.8. The minimum absolute atomic E-state index is 0.0446. The van der Waals surface area contributed by atoms with Crippen molar-refractivity contribution in [1.82, 2.24) is 9.80 Å². The summed E-state index contributed by atoms with van der Waals surface area (Å²) >= 11 is 0. The molecule has 0 N–H and O–H groups in total. The number of carbonyl (C=O) groups is 1. The lowest BCUT2D eigenvalue weighted by Crippen LogP contribution is -2.49. The topological polar surface area (TPSA) is 50.6 Å². The average Bonchev–Trinajstić information content (AvgIpc) is 3.42. The summed E-state index contributed by atoms with van der Waals surface area (Å²) in [5, 5.41) is 9.06. The Morgan fingerprint density at radius 2 is 1.81 bits per heavy atom. The summed E-state index contributed by atoms with van der Waals surface area (Å²) in [7, 11) is 0. The van der Waals surface area contributed by atoms with Crippen LogP contribution in [0.15, 0.2) is 18.2 Å². The van der Waals surface area contributed by atoms with E-state index in [9.17, 15) is 18.0 Å². The number of nitrogens with zero attached hydrogens (tertiary/aromatic N) is 4. The van der Waals surface area contributed by atoms with Crippen LogP contribution in [0.1, 0.15) is 50.7 Å². The third-order valence-electron chi connectivity index (χ3n) is 7.67. The van der Waals surface area contributed by atoms with Gasteiger partial charge in [-0.05, 0) is 63.1 Å². The number of rotatable bonds is 3. The van der Waals surface area contributed by atoms with Crippen molar-refractivity contribution in [2.24, 2.45) is 11.3 Å². The lowest BCUT2D eigenvalue weighted by Gasteiger charge is -2.44. The van der Waals surface area contributed by atoms with Gasteiger partial charge in [-0.25, -0.2) is 0 Å². The number of anilines is 1. The Morgan fingerprint density at radius 1 is 1.16 bits per heavy atom. The second-order valence-electron chi connectivity index (χ2n) is 9.80. The first-order valence-corrected chi connectivity index (χ1v) is 11.5. The van der Waals surface area contributed by atoms with Crippen LogP contribution in [0, 0.1) is 22.7 Å². The van der Waals surface area contributed by atoms with Crippen molar-refractivity contribution in [3.8, 4) is 6.07 Å². The van der Waals surface area contributed by atoms with E-state index < -0.39 is 11.7 Å². The number of carbonyl (C=O) groups excluding carboxylic acids is 1. The predicted molar refractivity (Wildman–Crippen MR) is 116 cm³/mol. The van der Waals surface area contributed by atoms with Gasteiger partial charge in [-0.15, -0.1) is 0 Å². The highest BCUT2D eigenvalue weighted by atomic mass is 19.4. The van der Waals surface area contributed by atoms with E-state index in [4.69, 9.17) is 5.26 Å². The van der Waals surface area contributed by atoms with Gasteiger partial charge in [0.05, 0.1) is 23.1 Å². The van der Waals surface area contributed by atoms with Gasteiger partial charge in [0.2, 0.25) is 5.91 Å². The molecule has 32 heavy (non-hydrogen) atoms. The highest BCUT2D eigenvalue weighted by molar-refractivity contribution is 5.80. The van der Waals surface area contributed by atoms with Crippen molar-refractivity contribution >= 4 is 11.6 Å². The molecule has 4 rings (SSSR count). The van der Waals surface area contributed by atoms with Crippen LogP contribution in [-0.2, 0) is 11.0 Å². The van der Waals surface area contributed by atoms with E-state index in [-0.39, 0.29) is 22.8 Å². The van der Waals surface area contributed by atoms with Crippen molar-refractivity contribution in [3.63, 3.8) is 0 Å². The molecule has 3 aliphatic heterocycles. The van der Waals surface area contributed by atoms with E-state index in [0.717, 1.165) is 57.9 Å². The standard InChI is InChI=1S/C24H31F3N4O/c1-17(2)31-15-21(22(32)30-9-3-4-10-30)23(16-31)7-11-29(12-8-23)19-6-5-18(14-28)20(13-19)24(25,26)27/h5-6,13,17,21H,3-4,7-12,15-16H2,1-2H3. The molecular weight excluding hydrogens is 417 g/mol. The number of halogens is 3. The summed E-state index contributed by atoms with van der Waals surface area (Å²) < 4.78 is 40.2. The number of piperidine rings is 1. The Morgan fingerprint density at radius 3 is 2.38 bits per heavy atom. The second-order valence-corrected chi connectivity index (χ2v) is 9.80. The molecule has 1 aromatic carbocycles. The van der Waals surface area contributed by atoms with E-state index >= 15 is 0 Å². The normalized spacial score (nSPS) is 23.8. The van der Waals surface area contributed by atoms with Crippen molar-refractivity contribution < 1.29 is 18.0 Å². The summed E-state index contributed by atoms with van der Waals surface area (Å²) in [6.07, 6.45) is -0.876. The van der Waals surface area contributed by atoms with Gasteiger partial charge in [0.1, 0.15) is 0 Å². The minimum Gasteiger partial charge on any atom is -0.371 e. The number of likely N-dealkylation sites (tertiary alicyclic amines) is 2. The Labute approximate surface area is 187 Å². The first-order valence-electron chi connectivity index (χ1n) is 11.5. The molecule has 0 saturated carbocycles. The Balaban J connectivity index is 1.54. The van der Waals surface area contributed by atoms with Gasteiger partial charge in [0.25, 0.3) is 0 Å². The second kappa shape index (κ2) is 8.58. The number of alkyl halides is 3. The molecule has 1 unspecified atom stereocenters. The largest absolute Gasteiger partial charge is 0.417 e. The molecular formula is C24H31F3N4O. The monoisotopic (exact) mass is 448 g/mol. The van der Waals surface area contributed by atoms with Crippen molar-refractivity contribution in [2.75, 3.05) is 44.2 Å². The van der Waals surface area contributed by atoms with Crippen molar-refractivity contribution in [3.05, 3.63) is 29.3 Å². The van der Waals surface area contributed by atoms with E-state index in [1.807, 2.05) is 9.80 Å². The Bertz CT molecular complexity index is 893. The molecule has 3 fully saturated rings. The molecule has 3 aliphatic rings. The van der Waals surface area contributed by atoms with E-state index in [1.54, 1.807) is 12.1 Å². The molecule has 0 radical (unpaired) electrons. The molecule has 3 heterocycles. The first kappa shape index (κ1) is 22.9. The summed E-state index contributed by atoms with van der Waals surface area (Å²) in [5.41, 5.74) is -0.867. The predicted octanol–water partition coefficient (Wildman–Crippen LogP) is 4.13. The number of benzene rings is 1. The zero-order valence-corrected chi connectivity index (χ0v) is 18.8. The van der Waals surface area contributed by atoms with Crippen molar-refractivity contribution in [1.29, 1.82) is 5.26 Å². The molecule has 3 saturated heterocycles. The molecule has 5 nitrogen and oxygen atoms in total. The van der Waals surface area contributed by atoms with E-state index in [0.29, 0.717) is 24.8 Å². The van der Waals surface area contributed by atoms with Crippen LogP contribution in [0.25, 0.3) is 0 Å². The number of hydrogen-bond donors (Lipinski definition) is 0. The van der Waals surface area contributed by atoms with Gasteiger partial charge in [0.15, 0.2) is 0 Å². The quantitative estimate of drug-likeness (QED) is 0.698. The third-order valence-corrected chi connectivity index (χ3v) is 7.67. The lowest BCUT2D eigenvalue weighted by molar-refractivity contribution is -0.138. The van der Waals surface area contributed by atoms with Gasteiger partial charge in [0, 0.05) is 51.0 Å². The van der Waals surface area contributed by atoms with Crippen LogP contribution in [0.4, 0.5) is 18.9 Å². The summed E-state index contributed by atoms with van der Waals surface area (Å²) in [6.45, 7) is 8.83. The molecule has 1 amide bonds. The molecule has 0 aliphatic carbocycles. The molecule has 8 heteroatoms. The smallest absolute Gasteiger partial charge is 0.371 e. The molecule has 0 aromatic heterocycles. The maximum absolute atomic E-state index is 13.4. The maximum atomic E-state index is 13.4. The van der Waals surface area contributed by atoms with Crippen LogP contribution in [-0.4, -0.2) is 61.0 Å². The molecule has 1 atom stereocenters. The van der Waals surface area contributed by atoms with Crippen LogP contribution in [0.3, 0.4) is 0 Å². The third kappa shape index (κ3) is 4.19. The van der Waals surface area contributed by atoms with Crippen LogP contribution >= 0.6 is 0 Å². The Hall–Kier alpha value is -2.27.